The molecule has 10 heteroatoms. The predicted molar refractivity (Wildman–Crippen MR) is 108 cm³/mol. The lowest BCUT2D eigenvalue weighted by Crippen LogP contribution is -2.32. The van der Waals surface area contributed by atoms with E-state index in [1.54, 1.807) is 0 Å². The second-order valence-corrected chi connectivity index (χ2v) is 8.46. The van der Waals surface area contributed by atoms with Crippen molar-refractivity contribution in [1.82, 2.24) is 20.1 Å². The van der Waals surface area contributed by atoms with E-state index in [1.807, 2.05) is 10.7 Å². The number of pyridine rings is 1. The molecule has 6 nitrogen and oxygen atoms in total. The first-order valence-corrected chi connectivity index (χ1v) is 10.6. The first kappa shape index (κ1) is 21.9. The van der Waals surface area contributed by atoms with Gasteiger partial charge in [0, 0.05) is 35.5 Å². The molecule has 0 radical (unpaired) electrons. The van der Waals surface area contributed by atoms with Crippen LogP contribution in [0.3, 0.4) is 0 Å². The molecular weight excluding hydrogens is 414 g/mol. The number of hydrogen-bond donors (Lipinski definition) is 2. The number of nitrogens with two attached hydrogens (primary N) is 1. The number of ether oxygens (including phenoxy) is 1. The average molecular weight is 441 g/mol. The van der Waals surface area contributed by atoms with Gasteiger partial charge in [0.2, 0.25) is 0 Å². The molecule has 3 N–H and O–H groups in total. The van der Waals surface area contributed by atoms with E-state index in [-0.39, 0.29) is 30.2 Å². The van der Waals surface area contributed by atoms with Gasteiger partial charge in [-0.05, 0) is 50.2 Å². The highest BCUT2D eigenvalue weighted by atomic mass is 19.3. The quantitative estimate of drug-likeness (QED) is 0.563. The summed E-state index contributed by atoms with van der Waals surface area (Å²) in [5.41, 5.74) is 7.92. The molecule has 2 aliphatic carbocycles. The Morgan fingerprint density at radius 1 is 1.23 bits per heavy atom. The topological polar surface area (TPSA) is 78.0 Å². The van der Waals surface area contributed by atoms with E-state index >= 15 is 0 Å². The Hall–Kier alpha value is -2.36. The molecule has 2 heterocycles. The van der Waals surface area contributed by atoms with Crippen molar-refractivity contribution in [1.29, 1.82) is 0 Å². The van der Waals surface area contributed by atoms with Crippen LogP contribution in [-0.2, 0) is 0 Å². The molecule has 4 rings (SSSR count). The zero-order chi connectivity index (χ0) is 22.3. The third-order valence-corrected chi connectivity index (χ3v) is 6.51. The first-order valence-electron chi connectivity index (χ1n) is 10.6. The van der Waals surface area contributed by atoms with Crippen molar-refractivity contribution in [2.24, 2.45) is 11.8 Å². The molecule has 2 fully saturated rings. The number of nitrogens with one attached hydrogen (secondary N) is 1. The molecule has 2 saturated carbocycles. The van der Waals surface area contributed by atoms with Crippen molar-refractivity contribution in [3.63, 3.8) is 0 Å². The van der Waals surface area contributed by atoms with E-state index < -0.39 is 13.0 Å². The third-order valence-electron chi connectivity index (χ3n) is 6.51. The van der Waals surface area contributed by atoms with Crippen LogP contribution in [0.25, 0.3) is 11.3 Å². The van der Waals surface area contributed by atoms with Crippen LogP contribution in [0.5, 0.6) is 5.75 Å². The van der Waals surface area contributed by atoms with Gasteiger partial charge in [0.05, 0.1) is 12.2 Å². The normalized spacial score (nSPS) is 25.8. The van der Waals surface area contributed by atoms with Crippen LogP contribution < -0.4 is 15.8 Å². The lowest BCUT2D eigenvalue weighted by Gasteiger charge is -2.18. The molecule has 2 aromatic rings. The lowest BCUT2D eigenvalue weighted by molar-refractivity contribution is -0.0494. The van der Waals surface area contributed by atoms with Crippen molar-refractivity contribution in [3.05, 3.63) is 24.0 Å². The van der Waals surface area contributed by atoms with Gasteiger partial charge in [0.1, 0.15) is 0 Å². The average Bonchev–Trinajstić information content (AvgIpc) is 3.08. The fourth-order valence-electron chi connectivity index (χ4n) is 4.81. The number of anilines is 1. The Morgan fingerprint density at radius 3 is 2.55 bits per heavy atom. The molecule has 170 valence electrons. The summed E-state index contributed by atoms with van der Waals surface area (Å²) in [5, 5.41) is 7.70. The number of hydrogen-bond acceptors (Lipinski definition) is 5. The molecule has 0 bridgehead atoms. The van der Waals surface area contributed by atoms with Crippen LogP contribution in [0.15, 0.2) is 18.3 Å². The lowest BCUT2D eigenvalue weighted by atomic mass is 10.0. The van der Waals surface area contributed by atoms with E-state index in [4.69, 9.17) is 10.8 Å². The SMILES string of the molecule is CCC(C)n1nc(-c2cnc(N)c(OC(F)F)c2)cc1C1C2CC(NCC(F)F)CC21. The summed E-state index contributed by atoms with van der Waals surface area (Å²) >= 11 is 0. The van der Waals surface area contributed by atoms with E-state index in [0.717, 1.165) is 25.0 Å². The van der Waals surface area contributed by atoms with Gasteiger partial charge in [0.25, 0.3) is 6.43 Å². The van der Waals surface area contributed by atoms with Gasteiger partial charge < -0.3 is 15.8 Å². The number of nitrogens with zero attached hydrogens (tertiary/aromatic N) is 3. The van der Waals surface area contributed by atoms with Crippen molar-refractivity contribution in [3.8, 4) is 17.0 Å². The van der Waals surface area contributed by atoms with Crippen LogP contribution in [0.1, 0.15) is 50.8 Å². The van der Waals surface area contributed by atoms with Gasteiger partial charge in [-0.1, -0.05) is 6.92 Å². The number of nitrogen functional groups attached to an aromatic ring is 1. The number of rotatable bonds is 9. The maximum atomic E-state index is 12.7. The number of fused-ring (bicyclic) bond motifs is 1. The standard InChI is InChI=1S/C21H27F4N5O/c1-3-10(2)30-16(19-13-5-12(6-14(13)19)27-9-18(22)23)7-15(29-30)11-4-17(31-21(24)25)20(26)28-8-11/h4,7-8,10,12-14,18-19,21,27H,3,5-6,9H2,1-2H3,(H2,26,28). The molecule has 0 aliphatic heterocycles. The van der Waals surface area contributed by atoms with Crippen LogP contribution in [-0.4, -0.2) is 40.4 Å². The monoisotopic (exact) mass is 441 g/mol. The van der Waals surface area contributed by atoms with Gasteiger partial charge in [-0.2, -0.15) is 13.9 Å². The van der Waals surface area contributed by atoms with E-state index in [1.165, 1.54) is 12.3 Å². The summed E-state index contributed by atoms with van der Waals surface area (Å²) in [7, 11) is 0. The fraction of sp³-hybridized carbons (Fsp3) is 0.619. The minimum absolute atomic E-state index is 0.107. The van der Waals surface area contributed by atoms with Crippen molar-refractivity contribution >= 4 is 5.82 Å². The summed E-state index contributed by atoms with van der Waals surface area (Å²) in [5.74, 6) is 0.945. The molecular formula is C21H27F4N5O. The Morgan fingerprint density at radius 2 is 1.94 bits per heavy atom. The Labute approximate surface area is 178 Å². The predicted octanol–water partition coefficient (Wildman–Crippen LogP) is 4.45. The molecule has 0 saturated heterocycles. The fourth-order valence-corrected chi connectivity index (χ4v) is 4.81. The van der Waals surface area contributed by atoms with Crippen molar-refractivity contribution < 1.29 is 22.3 Å². The second kappa shape index (κ2) is 8.64. The highest BCUT2D eigenvalue weighted by Crippen LogP contribution is 2.63. The summed E-state index contributed by atoms with van der Waals surface area (Å²) < 4.78 is 56.7. The van der Waals surface area contributed by atoms with E-state index in [2.05, 4.69) is 28.9 Å². The molecule has 3 unspecified atom stereocenters. The van der Waals surface area contributed by atoms with Crippen LogP contribution in [0, 0.1) is 11.8 Å². The van der Waals surface area contributed by atoms with E-state index in [0.29, 0.717) is 29.0 Å². The van der Waals surface area contributed by atoms with Crippen LogP contribution >= 0.6 is 0 Å². The second-order valence-electron chi connectivity index (χ2n) is 8.46. The molecule has 0 spiro atoms. The van der Waals surface area contributed by atoms with Crippen LogP contribution in [0.2, 0.25) is 0 Å². The molecule has 0 amide bonds. The van der Waals surface area contributed by atoms with Crippen molar-refractivity contribution in [2.75, 3.05) is 12.3 Å². The Bertz CT molecular complexity index is 909. The molecule has 31 heavy (non-hydrogen) atoms. The van der Waals surface area contributed by atoms with Gasteiger partial charge in [0.15, 0.2) is 11.6 Å². The zero-order valence-corrected chi connectivity index (χ0v) is 17.4. The maximum Gasteiger partial charge on any atom is 0.387 e. The van der Waals surface area contributed by atoms with Gasteiger partial charge in [-0.25, -0.2) is 13.8 Å². The highest BCUT2D eigenvalue weighted by Gasteiger charge is 2.57. The summed E-state index contributed by atoms with van der Waals surface area (Å²) in [6.07, 6.45) is 1.79. The largest absolute Gasteiger partial charge is 0.431 e. The van der Waals surface area contributed by atoms with Crippen molar-refractivity contribution in [2.45, 2.75) is 64.1 Å². The number of halogens is 4. The highest BCUT2D eigenvalue weighted by molar-refractivity contribution is 5.64. The smallest absolute Gasteiger partial charge is 0.387 e. The van der Waals surface area contributed by atoms with Crippen LogP contribution in [0.4, 0.5) is 23.4 Å². The summed E-state index contributed by atoms with van der Waals surface area (Å²) in [6, 6.07) is 3.71. The Kier molecular flexibility index (Phi) is 6.09. The molecule has 2 aliphatic rings. The zero-order valence-electron chi connectivity index (χ0n) is 17.4. The molecule has 2 aromatic heterocycles. The van der Waals surface area contributed by atoms with Gasteiger partial charge in [-0.15, -0.1) is 0 Å². The van der Waals surface area contributed by atoms with Gasteiger partial charge >= 0.3 is 6.61 Å². The first-order chi connectivity index (χ1) is 14.8. The number of aromatic nitrogens is 3. The Balaban J connectivity index is 1.56. The van der Waals surface area contributed by atoms with E-state index in [9.17, 15) is 17.6 Å². The minimum Gasteiger partial charge on any atom is -0.431 e. The molecule has 3 atom stereocenters. The number of alkyl halides is 4. The van der Waals surface area contributed by atoms with Gasteiger partial charge in [-0.3, -0.25) is 4.68 Å². The molecule has 0 aromatic carbocycles. The summed E-state index contributed by atoms with van der Waals surface area (Å²) in [6.45, 7) is 0.896. The summed E-state index contributed by atoms with van der Waals surface area (Å²) in [4.78, 5) is 3.98. The third kappa shape index (κ3) is 4.49. The maximum absolute atomic E-state index is 12.7. The minimum atomic E-state index is -3.00.